The average molecular weight is 248 g/mol. The molecule has 0 spiro atoms. The summed E-state index contributed by atoms with van der Waals surface area (Å²) in [6.45, 7) is 0.769. The van der Waals surface area contributed by atoms with Crippen LogP contribution in [0, 0.1) is 0 Å². The van der Waals surface area contributed by atoms with Gasteiger partial charge in [0.05, 0.1) is 6.61 Å². The monoisotopic (exact) mass is 248 g/mol. The van der Waals surface area contributed by atoms with Gasteiger partial charge in [-0.25, -0.2) is 4.79 Å². The van der Waals surface area contributed by atoms with Crippen molar-refractivity contribution in [3.8, 4) is 0 Å². The first-order chi connectivity index (χ1) is 7.88. The largest absolute Gasteiger partial charge is 0.478 e. The second kappa shape index (κ2) is 5.56. The zero-order valence-corrected chi connectivity index (χ0v) is 9.22. The van der Waals surface area contributed by atoms with Gasteiger partial charge in [0.2, 0.25) is 0 Å². The fourth-order valence-corrected chi connectivity index (χ4v) is 1.59. The first-order valence-electron chi connectivity index (χ1n) is 5.10. The number of carbonyl (C=O) groups is 1. The number of carboxylic acids is 1. The van der Waals surface area contributed by atoms with Gasteiger partial charge in [-0.3, -0.25) is 0 Å². The Hall–Kier alpha value is -0.990. The van der Waals surface area contributed by atoms with E-state index >= 15 is 0 Å². The van der Waals surface area contributed by atoms with Crippen LogP contribution >= 0.6 is 0 Å². The van der Waals surface area contributed by atoms with E-state index in [-0.39, 0.29) is 5.57 Å². The molecule has 1 heterocycles. The van der Waals surface area contributed by atoms with Crippen molar-refractivity contribution in [2.75, 3.05) is 6.61 Å². The Labute approximate surface area is 97.6 Å². The molecule has 1 aliphatic heterocycles. The van der Waals surface area contributed by atoms with Gasteiger partial charge in [0.1, 0.15) is 30.5 Å². The summed E-state index contributed by atoms with van der Waals surface area (Å²) in [5.41, 5.74) is -0.0608. The van der Waals surface area contributed by atoms with Crippen LogP contribution in [0.2, 0.25) is 0 Å². The van der Waals surface area contributed by atoms with Crippen molar-refractivity contribution >= 4 is 5.97 Å². The maximum atomic E-state index is 10.6. The minimum Gasteiger partial charge on any atom is -0.478 e. The fraction of sp³-hybridized carbons (Fsp3) is 0.700. The number of aliphatic hydroxyl groups is 4. The third-order valence-corrected chi connectivity index (χ3v) is 2.68. The molecule has 0 amide bonds. The number of aliphatic hydroxyl groups excluding tert-OH is 4. The summed E-state index contributed by atoms with van der Waals surface area (Å²) in [6.07, 6.45) is -5.36. The van der Waals surface area contributed by atoms with E-state index in [1.165, 1.54) is 6.92 Å². The molecule has 1 fully saturated rings. The molecule has 0 aliphatic carbocycles. The summed E-state index contributed by atoms with van der Waals surface area (Å²) < 4.78 is 5.10. The Balaban J connectivity index is 2.86. The number of hydrogen-bond donors (Lipinski definition) is 5. The van der Waals surface area contributed by atoms with Crippen LogP contribution in [-0.4, -0.2) is 68.6 Å². The number of rotatable bonds is 3. The molecule has 98 valence electrons. The second-order valence-corrected chi connectivity index (χ2v) is 3.95. The lowest BCUT2D eigenvalue weighted by atomic mass is 9.94. The number of ether oxygens (including phenoxy) is 1. The summed E-state index contributed by atoms with van der Waals surface area (Å²) in [4.78, 5) is 10.6. The Bertz CT molecular complexity index is 312. The normalized spacial score (nSPS) is 39.1. The number of hydrogen-bond acceptors (Lipinski definition) is 6. The molecule has 0 saturated carbocycles. The van der Waals surface area contributed by atoms with Gasteiger partial charge in [0.25, 0.3) is 0 Å². The second-order valence-electron chi connectivity index (χ2n) is 3.95. The van der Waals surface area contributed by atoms with Gasteiger partial charge in [-0.1, -0.05) is 0 Å². The Kier molecular flexibility index (Phi) is 4.61. The number of carboxylic acid groups (broad SMARTS) is 1. The van der Waals surface area contributed by atoms with Crippen molar-refractivity contribution in [3.63, 3.8) is 0 Å². The maximum Gasteiger partial charge on any atom is 0.331 e. The molecular weight excluding hydrogens is 232 g/mol. The lowest BCUT2D eigenvalue weighted by Crippen LogP contribution is -2.58. The molecule has 0 aromatic heterocycles. The predicted octanol–water partition coefficient (Wildman–Crippen LogP) is -2.14. The average Bonchev–Trinajstić information content (AvgIpc) is 2.29. The van der Waals surface area contributed by atoms with Crippen molar-refractivity contribution in [3.05, 3.63) is 11.6 Å². The van der Waals surface area contributed by atoms with Gasteiger partial charge >= 0.3 is 5.97 Å². The SMILES string of the molecule is CC(=CC1O[C@H](CO)[C@@H](O)[C@H](O)[C@H]1O)C(=O)O. The van der Waals surface area contributed by atoms with E-state index in [0.29, 0.717) is 0 Å². The molecule has 0 aromatic rings. The van der Waals surface area contributed by atoms with Gasteiger partial charge in [0.15, 0.2) is 0 Å². The van der Waals surface area contributed by atoms with E-state index in [2.05, 4.69) is 0 Å². The molecule has 1 rings (SSSR count). The molecule has 7 nitrogen and oxygen atoms in total. The zero-order valence-electron chi connectivity index (χ0n) is 9.22. The third kappa shape index (κ3) is 3.02. The van der Waals surface area contributed by atoms with Crippen LogP contribution in [0.5, 0.6) is 0 Å². The Morgan fingerprint density at radius 2 is 1.82 bits per heavy atom. The molecule has 1 saturated heterocycles. The highest BCUT2D eigenvalue weighted by Gasteiger charge is 2.42. The summed E-state index contributed by atoms with van der Waals surface area (Å²) >= 11 is 0. The zero-order chi connectivity index (χ0) is 13.2. The van der Waals surface area contributed by atoms with Crippen LogP contribution in [-0.2, 0) is 9.53 Å². The van der Waals surface area contributed by atoms with Gasteiger partial charge in [0, 0.05) is 5.57 Å². The molecule has 0 bridgehead atoms. The molecule has 5 atom stereocenters. The minimum absolute atomic E-state index is 0.0608. The van der Waals surface area contributed by atoms with Crippen LogP contribution in [0.1, 0.15) is 6.92 Å². The van der Waals surface area contributed by atoms with E-state index in [1.54, 1.807) is 0 Å². The number of aliphatic carboxylic acids is 1. The van der Waals surface area contributed by atoms with Gasteiger partial charge in [-0.05, 0) is 13.0 Å². The van der Waals surface area contributed by atoms with Gasteiger partial charge < -0.3 is 30.3 Å². The highest BCUT2D eigenvalue weighted by atomic mass is 16.5. The molecule has 0 aromatic carbocycles. The summed E-state index contributed by atoms with van der Waals surface area (Å²) in [5, 5.41) is 46.1. The van der Waals surface area contributed by atoms with E-state index in [1.807, 2.05) is 0 Å². The molecule has 0 radical (unpaired) electrons. The smallest absolute Gasteiger partial charge is 0.331 e. The first kappa shape index (κ1) is 14.1. The summed E-state index contributed by atoms with van der Waals surface area (Å²) in [5.74, 6) is -1.18. The lowest BCUT2D eigenvalue weighted by Gasteiger charge is -2.39. The highest BCUT2D eigenvalue weighted by molar-refractivity contribution is 5.85. The van der Waals surface area contributed by atoms with E-state index < -0.39 is 43.1 Å². The summed E-state index contributed by atoms with van der Waals surface area (Å²) in [6, 6.07) is 0. The third-order valence-electron chi connectivity index (χ3n) is 2.68. The van der Waals surface area contributed by atoms with Crippen LogP contribution in [0.3, 0.4) is 0 Å². The maximum absolute atomic E-state index is 10.6. The quantitative estimate of drug-likeness (QED) is 0.360. The van der Waals surface area contributed by atoms with Crippen molar-refractivity contribution in [1.82, 2.24) is 0 Å². The molecule has 17 heavy (non-hydrogen) atoms. The van der Waals surface area contributed by atoms with Gasteiger partial charge in [-0.15, -0.1) is 0 Å². The molecule has 7 heteroatoms. The predicted molar refractivity (Wildman–Crippen MR) is 55.2 cm³/mol. The molecule has 1 unspecified atom stereocenters. The first-order valence-corrected chi connectivity index (χ1v) is 5.10. The van der Waals surface area contributed by atoms with Crippen LogP contribution in [0.4, 0.5) is 0 Å². The van der Waals surface area contributed by atoms with Crippen LogP contribution in [0.15, 0.2) is 11.6 Å². The van der Waals surface area contributed by atoms with Crippen molar-refractivity contribution < 1.29 is 35.1 Å². The minimum atomic E-state index is -1.50. The topological polar surface area (TPSA) is 127 Å². The van der Waals surface area contributed by atoms with Crippen molar-refractivity contribution in [2.45, 2.75) is 37.4 Å². The van der Waals surface area contributed by atoms with Gasteiger partial charge in [-0.2, -0.15) is 0 Å². The molecule has 5 N–H and O–H groups in total. The Morgan fingerprint density at radius 3 is 2.29 bits per heavy atom. The molecule has 1 aliphatic rings. The van der Waals surface area contributed by atoms with E-state index in [9.17, 15) is 20.1 Å². The standard InChI is InChI=1S/C10H16O7/c1-4(10(15)16)2-5-7(12)9(14)8(13)6(3-11)17-5/h2,5-9,11-14H,3H2,1H3,(H,15,16)/t5?,6-,7+,8-,9-/m1/s1. The van der Waals surface area contributed by atoms with Crippen molar-refractivity contribution in [1.29, 1.82) is 0 Å². The Morgan fingerprint density at radius 1 is 1.24 bits per heavy atom. The van der Waals surface area contributed by atoms with Crippen LogP contribution in [0.25, 0.3) is 0 Å². The summed E-state index contributed by atoms with van der Waals surface area (Å²) in [7, 11) is 0. The fourth-order valence-electron chi connectivity index (χ4n) is 1.59. The van der Waals surface area contributed by atoms with E-state index in [4.69, 9.17) is 14.9 Å². The van der Waals surface area contributed by atoms with E-state index in [0.717, 1.165) is 6.08 Å². The van der Waals surface area contributed by atoms with Crippen LogP contribution < -0.4 is 0 Å². The van der Waals surface area contributed by atoms with Crippen molar-refractivity contribution in [2.24, 2.45) is 0 Å². The molecular formula is C10H16O7. The lowest BCUT2D eigenvalue weighted by molar-refractivity contribution is -0.216. The highest BCUT2D eigenvalue weighted by Crippen LogP contribution is 2.22.